The van der Waals surface area contributed by atoms with Crippen molar-refractivity contribution in [2.24, 2.45) is 11.7 Å². The summed E-state index contributed by atoms with van der Waals surface area (Å²) >= 11 is 5.21. The summed E-state index contributed by atoms with van der Waals surface area (Å²) < 4.78 is 0. The average molecular weight is 301 g/mol. The van der Waals surface area contributed by atoms with Gasteiger partial charge in [-0.2, -0.15) is 0 Å². The Morgan fingerprint density at radius 1 is 1.33 bits per heavy atom. The minimum Gasteiger partial charge on any atom is -0.389 e. The van der Waals surface area contributed by atoms with Gasteiger partial charge in [-0.1, -0.05) is 50.7 Å². The lowest BCUT2D eigenvalue weighted by molar-refractivity contribution is 0.546. The van der Waals surface area contributed by atoms with Crippen LogP contribution in [0.2, 0.25) is 0 Å². The molecule has 0 aliphatic rings. The molecule has 1 atom stereocenters. The first-order chi connectivity index (χ1) is 10.1. The Labute approximate surface area is 132 Å². The van der Waals surface area contributed by atoms with E-state index in [-0.39, 0.29) is 0 Å². The zero-order valence-electron chi connectivity index (χ0n) is 13.0. The second-order valence-corrected chi connectivity index (χ2v) is 5.90. The van der Waals surface area contributed by atoms with E-state index in [4.69, 9.17) is 22.9 Å². The molecule has 1 heterocycles. The predicted octanol–water partition coefficient (Wildman–Crippen LogP) is 3.74. The summed E-state index contributed by atoms with van der Waals surface area (Å²) in [6.45, 7) is 8.55. The largest absolute Gasteiger partial charge is 0.389 e. The molecule has 1 unspecified atom stereocenters. The van der Waals surface area contributed by atoms with Crippen LogP contribution in [0, 0.1) is 5.92 Å². The number of para-hydroxylation sites is 1. The third-order valence-electron chi connectivity index (χ3n) is 3.90. The lowest BCUT2D eigenvalue weighted by Crippen LogP contribution is -2.29. The minimum atomic E-state index is 0.425. The number of hydrogen-bond acceptors (Lipinski definition) is 3. The highest BCUT2D eigenvalue weighted by Gasteiger charge is 2.13. The van der Waals surface area contributed by atoms with Gasteiger partial charge >= 0.3 is 0 Å². The summed E-state index contributed by atoms with van der Waals surface area (Å²) in [5, 5.41) is 1.02. The van der Waals surface area contributed by atoms with Gasteiger partial charge in [-0.15, -0.1) is 0 Å². The first kappa shape index (κ1) is 15.7. The summed E-state index contributed by atoms with van der Waals surface area (Å²) in [7, 11) is 0. The number of nitrogens with two attached hydrogens (primary N) is 1. The van der Waals surface area contributed by atoms with Crippen molar-refractivity contribution >= 4 is 33.9 Å². The van der Waals surface area contributed by atoms with Gasteiger partial charge in [-0.3, -0.25) is 0 Å². The van der Waals surface area contributed by atoms with Crippen molar-refractivity contribution in [2.45, 2.75) is 27.2 Å². The van der Waals surface area contributed by atoms with Crippen molar-refractivity contribution in [3.8, 4) is 0 Å². The topological polar surface area (TPSA) is 42.1 Å². The maximum absolute atomic E-state index is 5.90. The minimum absolute atomic E-state index is 0.425. The van der Waals surface area contributed by atoms with Crippen LogP contribution >= 0.6 is 12.2 Å². The first-order valence-electron chi connectivity index (χ1n) is 7.51. The Hall–Kier alpha value is -1.68. The summed E-state index contributed by atoms with van der Waals surface area (Å²) in [5.41, 5.74) is 7.76. The number of fused-ring (bicyclic) bond motifs is 1. The molecule has 0 bridgehead atoms. The standard InChI is InChI=1S/C17H23N3S/c1-4-12(3)11-20(5-2)16-10-14(17(18)21)13-8-6-7-9-15(13)19-16/h6-10,12H,4-5,11H2,1-3H3,(H2,18,21). The number of pyridine rings is 1. The predicted molar refractivity (Wildman–Crippen MR) is 95.0 cm³/mol. The fraction of sp³-hybridized carbons (Fsp3) is 0.412. The summed E-state index contributed by atoms with van der Waals surface area (Å²) in [5.74, 6) is 1.59. The molecule has 1 aromatic heterocycles. The summed E-state index contributed by atoms with van der Waals surface area (Å²) in [6.07, 6.45) is 1.16. The monoisotopic (exact) mass is 301 g/mol. The molecule has 2 aromatic rings. The number of thiocarbonyl (C=S) groups is 1. The zero-order chi connectivity index (χ0) is 15.4. The number of anilines is 1. The van der Waals surface area contributed by atoms with E-state index in [1.165, 1.54) is 0 Å². The molecule has 0 amide bonds. The molecule has 21 heavy (non-hydrogen) atoms. The Balaban J connectivity index is 2.50. The van der Waals surface area contributed by atoms with Gasteiger partial charge in [0.1, 0.15) is 10.8 Å². The van der Waals surface area contributed by atoms with Crippen LogP contribution in [0.25, 0.3) is 10.9 Å². The van der Waals surface area contributed by atoms with Crippen molar-refractivity contribution in [2.75, 3.05) is 18.0 Å². The van der Waals surface area contributed by atoms with Crippen LogP contribution in [0.15, 0.2) is 30.3 Å². The normalized spacial score (nSPS) is 12.3. The van der Waals surface area contributed by atoms with Gasteiger partial charge in [0.25, 0.3) is 0 Å². The molecule has 0 saturated heterocycles. The SMILES string of the molecule is CCC(C)CN(CC)c1cc(C(N)=S)c2ccccc2n1. The second kappa shape index (κ2) is 6.85. The lowest BCUT2D eigenvalue weighted by Gasteiger charge is -2.26. The molecule has 3 nitrogen and oxygen atoms in total. The highest BCUT2D eigenvalue weighted by atomic mass is 32.1. The maximum Gasteiger partial charge on any atom is 0.129 e. The molecule has 0 aliphatic carbocycles. The maximum atomic E-state index is 5.90. The van der Waals surface area contributed by atoms with Crippen LogP contribution in [0.1, 0.15) is 32.8 Å². The van der Waals surface area contributed by atoms with Crippen LogP contribution in [-0.4, -0.2) is 23.1 Å². The van der Waals surface area contributed by atoms with Gasteiger partial charge < -0.3 is 10.6 Å². The molecular weight excluding hydrogens is 278 g/mol. The molecule has 0 fully saturated rings. The first-order valence-corrected chi connectivity index (χ1v) is 7.92. The number of aromatic nitrogens is 1. The molecule has 2 rings (SSSR count). The quantitative estimate of drug-likeness (QED) is 0.825. The Morgan fingerprint density at radius 3 is 2.67 bits per heavy atom. The Morgan fingerprint density at radius 2 is 2.05 bits per heavy atom. The lowest BCUT2D eigenvalue weighted by atomic mass is 10.1. The number of nitrogens with zero attached hydrogens (tertiary/aromatic N) is 2. The Bertz CT molecular complexity index is 639. The third-order valence-corrected chi connectivity index (χ3v) is 4.12. The highest BCUT2D eigenvalue weighted by Crippen LogP contribution is 2.24. The molecule has 2 N–H and O–H groups in total. The molecule has 1 aromatic carbocycles. The number of hydrogen-bond donors (Lipinski definition) is 1. The van der Waals surface area contributed by atoms with Crippen molar-refractivity contribution in [3.63, 3.8) is 0 Å². The van der Waals surface area contributed by atoms with Crippen molar-refractivity contribution in [3.05, 3.63) is 35.9 Å². The molecule has 0 spiro atoms. The zero-order valence-corrected chi connectivity index (χ0v) is 13.8. The van der Waals surface area contributed by atoms with E-state index in [1.54, 1.807) is 0 Å². The van der Waals surface area contributed by atoms with E-state index in [1.807, 2.05) is 30.3 Å². The fourth-order valence-electron chi connectivity index (χ4n) is 2.42. The van der Waals surface area contributed by atoms with Gasteiger partial charge in [0.15, 0.2) is 0 Å². The van der Waals surface area contributed by atoms with Gasteiger partial charge in [-0.25, -0.2) is 4.98 Å². The van der Waals surface area contributed by atoms with Crippen LogP contribution in [0.4, 0.5) is 5.82 Å². The van der Waals surface area contributed by atoms with E-state index < -0.39 is 0 Å². The molecule has 4 heteroatoms. The van der Waals surface area contributed by atoms with E-state index in [9.17, 15) is 0 Å². The van der Waals surface area contributed by atoms with E-state index in [2.05, 4.69) is 25.7 Å². The van der Waals surface area contributed by atoms with Gasteiger partial charge in [0.05, 0.1) is 5.52 Å². The molecular formula is C17H23N3S. The Kier molecular flexibility index (Phi) is 5.12. The number of benzene rings is 1. The molecule has 112 valence electrons. The van der Waals surface area contributed by atoms with Crippen LogP contribution in [-0.2, 0) is 0 Å². The van der Waals surface area contributed by atoms with E-state index >= 15 is 0 Å². The van der Waals surface area contributed by atoms with Gasteiger partial charge in [0.2, 0.25) is 0 Å². The fourth-order valence-corrected chi connectivity index (χ4v) is 2.59. The van der Waals surface area contributed by atoms with Gasteiger partial charge in [-0.05, 0) is 25.0 Å². The molecule has 0 saturated carbocycles. The molecule has 0 radical (unpaired) electrons. The highest BCUT2D eigenvalue weighted by molar-refractivity contribution is 7.80. The van der Waals surface area contributed by atoms with Crippen molar-refractivity contribution in [1.29, 1.82) is 0 Å². The third kappa shape index (κ3) is 3.50. The average Bonchev–Trinajstić information content (AvgIpc) is 2.50. The van der Waals surface area contributed by atoms with E-state index in [0.29, 0.717) is 10.9 Å². The van der Waals surface area contributed by atoms with E-state index in [0.717, 1.165) is 41.8 Å². The smallest absolute Gasteiger partial charge is 0.129 e. The van der Waals surface area contributed by atoms with Crippen LogP contribution < -0.4 is 10.6 Å². The summed E-state index contributed by atoms with van der Waals surface area (Å²) in [4.78, 5) is 7.51. The second-order valence-electron chi connectivity index (χ2n) is 5.46. The van der Waals surface area contributed by atoms with Gasteiger partial charge in [0, 0.05) is 24.0 Å². The summed E-state index contributed by atoms with van der Waals surface area (Å²) in [6, 6.07) is 10.0. The van der Waals surface area contributed by atoms with Crippen LogP contribution in [0.5, 0.6) is 0 Å². The van der Waals surface area contributed by atoms with Crippen molar-refractivity contribution in [1.82, 2.24) is 4.98 Å². The number of rotatable bonds is 6. The van der Waals surface area contributed by atoms with Crippen molar-refractivity contribution < 1.29 is 0 Å². The van der Waals surface area contributed by atoms with Crippen LogP contribution in [0.3, 0.4) is 0 Å². The molecule has 0 aliphatic heterocycles.